The number of anilines is 1. The Kier molecular flexibility index (Phi) is 6.04. The number of hydrogen-bond acceptors (Lipinski definition) is 4. The van der Waals surface area contributed by atoms with Gasteiger partial charge in [0.2, 0.25) is 5.91 Å². The number of nitrogens with one attached hydrogen (secondary N) is 1. The number of aromatic nitrogens is 1. The molecule has 0 bridgehead atoms. The third-order valence-corrected chi connectivity index (χ3v) is 4.29. The molecule has 1 aliphatic heterocycles. The van der Waals surface area contributed by atoms with Crippen LogP contribution in [-0.2, 0) is 16.1 Å². The molecule has 1 aliphatic rings. The van der Waals surface area contributed by atoms with Gasteiger partial charge in [-0.1, -0.05) is 35.9 Å². The maximum Gasteiger partial charge on any atom is 0.244 e. The highest BCUT2D eigenvalue weighted by Crippen LogP contribution is 2.18. The summed E-state index contributed by atoms with van der Waals surface area (Å²) in [5, 5.41) is 3.52. The predicted octanol–water partition coefficient (Wildman–Crippen LogP) is 2.90. The number of pyridine rings is 1. The van der Waals surface area contributed by atoms with Crippen LogP contribution in [0.5, 0.6) is 0 Å². The third kappa shape index (κ3) is 4.81. The highest BCUT2D eigenvalue weighted by molar-refractivity contribution is 6.32. The molecule has 0 saturated carbocycles. The van der Waals surface area contributed by atoms with E-state index in [0.29, 0.717) is 24.8 Å². The number of carbonyl (C=O) groups is 1. The minimum absolute atomic E-state index is 0.170. The molecule has 3 rings (SSSR count). The van der Waals surface area contributed by atoms with E-state index in [4.69, 9.17) is 16.3 Å². The second kappa shape index (κ2) is 8.65. The van der Waals surface area contributed by atoms with Gasteiger partial charge in [0, 0.05) is 42.5 Å². The largest absolute Gasteiger partial charge is 0.378 e. The first kappa shape index (κ1) is 17.5. The summed E-state index contributed by atoms with van der Waals surface area (Å²) in [6.07, 6.45) is 4.98. The Morgan fingerprint density at radius 3 is 2.84 bits per heavy atom. The molecule has 0 spiro atoms. The van der Waals surface area contributed by atoms with E-state index in [1.165, 1.54) is 6.08 Å². The number of nitrogens with zero attached hydrogens (tertiary/aromatic N) is 2. The van der Waals surface area contributed by atoms with Crippen LogP contribution in [0.3, 0.4) is 0 Å². The van der Waals surface area contributed by atoms with Crippen molar-refractivity contribution in [3.05, 3.63) is 64.8 Å². The number of hydrogen-bond donors (Lipinski definition) is 1. The highest BCUT2D eigenvalue weighted by atomic mass is 35.5. The standard InChI is InChI=1S/C19H20ClN3O2/c20-17-6-2-1-4-15(17)7-8-18(24)22-14-16-5-3-9-21-19(16)23-10-12-25-13-11-23/h1-9H,10-14H2,(H,22,24)/b8-7+. The Morgan fingerprint density at radius 1 is 1.24 bits per heavy atom. The molecular weight excluding hydrogens is 338 g/mol. The molecule has 1 saturated heterocycles. The van der Waals surface area contributed by atoms with Crippen LogP contribution in [0.1, 0.15) is 11.1 Å². The molecule has 0 radical (unpaired) electrons. The first-order chi connectivity index (χ1) is 12.2. The molecule has 2 heterocycles. The molecule has 0 unspecified atom stereocenters. The van der Waals surface area contributed by atoms with E-state index < -0.39 is 0 Å². The van der Waals surface area contributed by atoms with E-state index >= 15 is 0 Å². The molecule has 0 aliphatic carbocycles. The fraction of sp³-hybridized carbons (Fsp3) is 0.263. The van der Waals surface area contributed by atoms with Crippen molar-refractivity contribution in [1.82, 2.24) is 10.3 Å². The number of amides is 1. The van der Waals surface area contributed by atoms with Crippen molar-refractivity contribution in [2.24, 2.45) is 0 Å². The maximum atomic E-state index is 12.1. The van der Waals surface area contributed by atoms with Crippen LogP contribution in [0.25, 0.3) is 6.08 Å². The van der Waals surface area contributed by atoms with Crippen LogP contribution in [-0.4, -0.2) is 37.2 Å². The van der Waals surface area contributed by atoms with Crippen molar-refractivity contribution < 1.29 is 9.53 Å². The topological polar surface area (TPSA) is 54.5 Å². The first-order valence-corrected chi connectivity index (χ1v) is 8.59. The zero-order valence-corrected chi connectivity index (χ0v) is 14.6. The van der Waals surface area contributed by atoms with Crippen molar-refractivity contribution in [2.45, 2.75) is 6.54 Å². The summed E-state index contributed by atoms with van der Waals surface area (Å²) < 4.78 is 5.38. The van der Waals surface area contributed by atoms with Gasteiger partial charge in [-0.05, 0) is 23.8 Å². The van der Waals surface area contributed by atoms with Crippen LogP contribution < -0.4 is 10.2 Å². The number of morpholine rings is 1. The summed E-state index contributed by atoms with van der Waals surface area (Å²) >= 11 is 6.08. The average molecular weight is 358 g/mol. The normalized spacial score (nSPS) is 14.7. The van der Waals surface area contributed by atoms with Gasteiger partial charge < -0.3 is 15.0 Å². The monoisotopic (exact) mass is 357 g/mol. The molecule has 1 N–H and O–H groups in total. The number of rotatable bonds is 5. The van der Waals surface area contributed by atoms with Gasteiger partial charge in [0.05, 0.1) is 13.2 Å². The lowest BCUT2D eigenvalue weighted by Crippen LogP contribution is -2.37. The Hall–Kier alpha value is -2.37. The summed E-state index contributed by atoms with van der Waals surface area (Å²) in [4.78, 5) is 18.7. The third-order valence-electron chi connectivity index (χ3n) is 3.95. The molecule has 1 aromatic carbocycles. The lowest BCUT2D eigenvalue weighted by atomic mass is 10.2. The SMILES string of the molecule is O=C(/C=C/c1ccccc1Cl)NCc1cccnc1N1CCOCC1. The quantitative estimate of drug-likeness (QED) is 0.836. The molecule has 1 aromatic heterocycles. The average Bonchev–Trinajstić information content (AvgIpc) is 2.66. The Bertz CT molecular complexity index is 758. The second-order valence-electron chi connectivity index (χ2n) is 5.66. The van der Waals surface area contributed by atoms with Gasteiger partial charge in [-0.15, -0.1) is 0 Å². The number of ether oxygens (including phenoxy) is 1. The summed E-state index contributed by atoms with van der Waals surface area (Å²) in [7, 11) is 0. The molecular formula is C19H20ClN3O2. The van der Waals surface area contributed by atoms with Crippen LogP contribution in [0.2, 0.25) is 5.02 Å². The molecule has 5 nitrogen and oxygen atoms in total. The molecule has 130 valence electrons. The lowest BCUT2D eigenvalue weighted by Gasteiger charge is -2.29. The Labute approximate surface area is 152 Å². The summed E-state index contributed by atoms with van der Waals surface area (Å²) in [5.74, 6) is 0.734. The molecule has 1 amide bonds. The van der Waals surface area contributed by atoms with E-state index in [-0.39, 0.29) is 5.91 Å². The second-order valence-corrected chi connectivity index (χ2v) is 6.07. The van der Waals surface area contributed by atoms with Crippen molar-refractivity contribution in [1.29, 1.82) is 0 Å². The maximum absolute atomic E-state index is 12.1. The number of carbonyl (C=O) groups excluding carboxylic acids is 1. The van der Waals surface area contributed by atoms with E-state index in [9.17, 15) is 4.79 Å². The Balaban J connectivity index is 1.61. The molecule has 0 atom stereocenters. The van der Waals surface area contributed by atoms with Gasteiger partial charge in [0.25, 0.3) is 0 Å². The van der Waals surface area contributed by atoms with Gasteiger partial charge in [-0.25, -0.2) is 4.98 Å². The van der Waals surface area contributed by atoms with E-state index in [1.54, 1.807) is 18.3 Å². The van der Waals surface area contributed by atoms with E-state index in [1.807, 2.05) is 30.3 Å². The van der Waals surface area contributed by atoms with Gasteiger partial charge in [-0.3, -0.25) is 4.79 Å². The minimum Gasteiger partial charge on any atom is -0.378 e. The van der Waals surface area contributed by atoms with Gasteiger partial charge in [0.15, 0.2) is 0 Å². The predicted molar refractivity (Wildman–Crippen MR) is 99.6 cm³/mol. The molecule has 25 heavy (non-hydrogen) atoms. The van der Waals surface area contributed by atoms with Crippen molar-refractivity contribution in [2.75, 3.05) is 31.2 Å². The summed E-state index contributed by atoms with van der Waals surface area (Å²) in [6.45, 7) is 3.44. The number of halogens is 1. The highest BCUT2D eigenvalue weighted by Gasteiger charge is 2.15. The smallest absolute Gasteiger partial charge is 0.244 e. The van der Waals surface area contributed by atoms with Crippen LogP contribution in [0.15, 0.2) is 48.7 Å². The zero-order valence-electron chi connectivity index (χ0n) is 13.8. The molecule has 6 heteroatoms. The zero-order chi connectivity index (χ0) is 17.5. The molecule has 2 aromatic rings. The first-order valence-electron chi connectivity index (χ1n) is 8.21. The summed E-state index contributed by atoms with van der Waals surface area (Å²) in [6, 6.07) is 11.3. The lowest BCUT2D eigenvalue weighted by molar-refractivity contribution is -0.116. The fourth-order valence-corrected chi connectivity index (χ4v) is 2.84. The van der Waals surface area contributed by atoms with Crippen LogP contribution in [0, 0.1) is 0 Å². The van der Waals surface area contributed by atoms with E-state index in [2.05, 4.69) is 15.2 Å². The minimum atomic E-state index is -0.170. The fourth-order valence-electron chi connectivity index (χ4n) is 2.65. The van der Waals surface area contributed by atoms with Crippen molar-refractivity contribution >= 4 is 29.4 Å². The van der Waals surface area contributed by atoms with Gasteiger partial charge in [0.1, 0.15) is 5.82 Å². The van der Waals surface area contributed by atoms with Crippen molar-refractivity contribution in [3.8, 4) is 0 Å². The van der Waals surface area contributed by atoms with Crippen molar-refractivity contribution in [3.63, 3.8) is 0 Å². The van der Waals surface area contributed by atoms with Crippen LogP contribution >= 0.6 is 11.6 Å². The van der Waals surface area contributed by atoms with E-state index in [0.717, 1.165) is 30.0 Å². The van der Waals surface area contributed by atoms with Gasteiger partial charge >= 0.3 is 0 Å². The van der Waals surface area contributed by atoms with Crippen LogP contribution in [0.4, 0.5) is 5.82 Å². The summed E-state index contributed by atoms with van der Waals surface area (Å²) in [5.41, 5.74) is 1.80. The number of benzene rings is 1. The molecule has 1 fully saturated rings. The van der Waals surface area contributed by atoms with Gasteiger partial charge in [-0.2, -0.15) is 0 Å². The Morgan fingerprint density at radius 2 is 2.04 bits per heavy atom.